The van der Waals surface area contributed by atoms with Crippen LogP contribution in [0.4, 0.5) is 5.69 Å². The van der Waals surface area contributed by atoms with Crippen LogP contribution in [0.3, 0.4) is 0 Å². The molecule has 0 spiro atoms. The van der Waals surface area contributed by atoms with E-state index < -0.39 is 0 Å². The summed E-state index contributed by atoms with van der Waals surface area (Å²) < 4.78 is 0. The molecule has 0 radical (unpaired) electrons. The topological polar surface area (TPSA) is 32.3 Å². The third-order valence-corrected chi connectivity index (χ3v) is 4.58. The summed E-state index contributed by atoms with van der Waals surface area (Å²) in [6.45, 7) is 0.215. The second-order valence-electron chi connectivity index (χ2n) is 5.15. The Morgan fingerprint density at radius 3 is 2.58 bits per heavy atom. The minimum atomic E-state index is 0.215. The quantitative estimate of drug-likeness (QED) is 0.838. The monoisotopic (exact) mass is 273 g/mol. The maximum Gasteiger partial charge on any atom is 0.0634 e. The number of hydrogen-bond acceptors (Lipinski definition) is 3. The third-order valence-electron chi connectivity index (χ3n) is 3.62. The smallest absolute Gasteiger partial charge is 0.0634 e. The lowest BCUT2D eigenvalue weighted by Gasteiger charge is -2.18. The van der Waals surface area contributed by atoms with Crippen molar-refractivity contribution in [3.05, 3.63) is 52.2 Å². The fourth-order valence-electron chi connectivity index (χ4n) is 2.40. The fourth-order valence-corrected chi connectivity index (χ4v) is 3.26. The molecule has 19 heavy (non-hydrogen) atoms. The summed E-state index contributed by atoms with van der Waals surface area (Å²) in [7, 11) is 0. The van der Waals surface area contributed by atoms with Crippen LogP contribution in [0, 0.1) is 5.92 Å². The van der Waals surface area contributed by atoms with Crippen molar-refractivity contribution in [2.75, 3.05) is 11.9 Å². The molecule has 1 aromatic heterocycles. The predicted molar refractivity (Wildman–Crippen MR) is 80.6 cm³/mol. The van der Waals surface area contributed by atoms with Crippen molar-refractivity contribution in [1.29, 1.82) is 0 Å². The Balaban J connectivity index is 1.71. The van der Waals surface area contributed by atoms with E-state index in [1.807, 2.05) is 11.3 Å². The molecule has 3 rings (SSSR count). The average Bonchev–Trinajstić information content (AvgIpc) is 3.13. The van der Waals surface area contributed by atoms with Crippen LogP contribution in [0.25, 0.3) is 0 Å². The van der Waals surface area contributed by atoms with E-state index in [1.54, 1.807) is 0 Å². The lowest BCUT2D eigenvalue weighted by atomic mass is 10.1. The highest BCUT2D eigenvalue weighted by molar-refractivity contribution is 7.10. The van der Waals surface area contributed by atoms with Crippen LogP contribution < -0.4 is 5.32 Å². The molecule has 0 saturated heterocycles. The molecule has 2 N–H and O–H groups in total. The number of nitrogens with one attached hydrogen (secondary N) is 1. The molecule has 2 aromatic rings. The van der Waals surface area contributed by atoms with E-state index in [9.17, 15) is 0 Å². The average molecular weight is 273 g/mol. The Morgan fingerprint density at radius 1 is 1.21 bits per heavy atom. The van der Waals surface area contributed by atoms with Crippen LogP contribution in [0.5, 0.6) is 0 Å². The van der Waals surface area contributed by atoms with Crippen molar-refractivity contribution in [3.63, 3.8) is 0 Å². The number of rotatable bonds is 6. The number of thiophene rings is 1. The van der Waals surface area contributed by atoms with Gasteiger partial charge < -0.3 is 10.4 Å². The van der Waals surface area contributed by atoms with E-state index in [1.165, 1.54) is 29.0 Å². The second kappa shape index (κ2) is 5.76. The normalized spacial score (nSPS) is 16.3. The zero-order chi connectivity index (χ0) is 13.1. The van der Waals surface area contributed by atoms with Crippen molar-refractivity contribution in [2.24, 2.45) is 5.92 Å². The highest BCUT2D eigenvalue weighted by Gasteiger charge is 2.32. The van der Waals surface area contributed by atoms with Crippen LogP contribution in [0.15, 0.2) is 41.8 Å². The lowest BCUT2D eigenvalue weighted by molar-refractivity contribution is 0.299. The molecule has 2 nitrogen and oxygen atoms in total. The number of aliphatic hydroxyl groups excluding tert-OH is 1. The van der Waals surface area contributed by atoms with Crippen LogP contribution in [-0.2, 0) is 6.42 Å². The molecule has 1 aromatic carbocycles. The Kier molecular flexibility index (Phi) is 3.85. The minimum absolute atomic E-state index is 0.215. The van der Waals surface area contributed by atoms with Gasteiger partial charge >= 0.3 is 0 Å². The summed E-state index contributed by atoms with van der Waals surface area (Å²) in [6.07, 6.45) is 3.40. The number of aliphatic hydroxyl groups is 1. The lowest BCUT2D eigenvalue weighted by Crippen LogP contribution is -2.11. The van der Waals surface area contributed by atoms with Gasteiger partial charge in [0.05, 0.1) is 6.04 Å². The first kappa shape index (κ1) is 12.7. The molecule has 3 heteroatoms. The molecule has 1 unspecified atom stereocenters. The molecule has 0 bridgehead atoms. The molecule has 1 heterocycles. The number of benzene rings is 1. The van der Waals surface area contributed by atoms with Crippen molar-refractivity contribution in [3.8, 4) is 0 Å². The van der Waals surface area contributed by atoms with E-state index in [2.05, 4.69) is 47.1 Å². The molecular weight excluding hydrogens is 254 g/mol. The highest BCUT2D eigenvalue weighted by atomic mass is 32.1. The Bertz CT molecular complexity index is 502. The summed E-state index contributed by atoms with van der Waals surface area (Å²) in [5.41, 5.74) is 2.36. The van der Waals surface area contributed by atoms with Gasteiger partial charge in [-0.1, -0.05) is 18.2 Å². The minimum Gasteiger partial charge on any atom is -0.396 e. The van der Waals surface area contributed by atoms with Gasteiger partial charge in [-0.05, 0) is 54.3 Å². The van der Waals surface area contributed by atoms with Gasteiger partial charge in [0.1, 0.15) is 0 Å². The Hall–Kier alpha value is -1.32. The first-order chi connectivity index (χ1) is 9.36. The second-order valence-corrected chi connectivity index (χ2v) is 6.12. The van der Waals surface area contributed by atoms with Crippen molar-refractivity contribution >= 4 is 17.0 Å². The van der Waals surface area contributed by atoms with E-state index in [0.29, 0.717) is 6.04 Å². The van der Waals surface area contributed by atoms with E-state index in [-0.39, 0.29) is 6.61 Å². The Morgan fingerprint density at radius 2 is 2.00 bits per heavy atom. The number of anilines is 1. The Labute approximate surface area is 118 Å². The van der Waals surface area contributed by atoms with Crippen LogP contribution in [0.1, 0.15) is 29.3 Å². The SMILES string of the molecule is OCCc1ccc(NC(c2cccs2)C2CC2)cc1. The molecule has 1 atom stereocenters. The van der Waals surface area contributed by atoms with E-state index in [4.69, 9.17) is 5.11 Å². The standard InChI is InChI=1S/C16H19NOS/c18-10-9-12-3-7-14(8-4-12)17-16(13-5-6-13)15-2-1-11-19-15/h1-4,7-8,11,13,16-18H,5-6,9-10H2. The zero-order valence-electron chi connectivity index (χ0n) is 10.9. The molecule has 1 aliphatic carbocycles. The fraction of sp³-hybridized carbons (Fsp3) is 0.375. The van der Waals surface area contributed by atoms with Gasteiger partial charge in [-0.3, -0.25) is 0 Å². The maximum absolute atomic E-state index is 8.93. The largest absolute Gasteiger partial charge is 0.396 e. The van der Waals surface area contributed by atoms with Gasteiger partial charge in [0.2, 0.25) is 0 Å². The first-order valence-electron chi connectivity index (χ1n) is 6.86. The summed E-state index contributed by atoms with van der Waals surface area (Å²) in [6, 6.07) is 13.2. The zero-order valence-corrected chi connectivity index (χ0v) is 11.7. The molecule has 1 aliphatic rings. The number of hydrogen-bond donors (Lipinski definition) is 2. The molecule has 0 aliphatic heterocycles. The van der Waals surface area contributed by atoms with Gasteiger partial charge in [0, 0.05) is 17.2 Å². The van der Waals surface area contributed by atoms with E-state index in [0.717, 1.165) is 12.3 Å². The summed E-state index contributed by atoms with van der Waals surface area (Å²) in [5.74, 6) is 0.788. The maximum atomic E-state index is 8.93. The van der Waals surface area contributed by atoms with Gasteiger partial charge in [-0.2, -0.15) is 0 Å². The first-order valence-corrected chi connectivity index (χ1v) is 7.74. The summed E-state index contributed by atoms with van der Waals surface area (Å²) in [5, 5.41) is 14.7. The van der Waals surface area contributed by atoms with Gasteiger partial charge in [0.15, 0.2) is 0 Å². The van der Waals surface area contributed by atoms with Gasteiger partial charge in [-0.15, -0.1) is 11.3 Å². The highest BCUT2D eigenvalue weighted by Crippen LogP contribution is 2.44. The van der Waals surface area contributed by atoms with Crippen molar-refractivity contribution in [1.82, 2.24) is 0 Å². The van der Waals surface area contributed by atoms with Crippen LogP contribution in [-0.4, -0.2) is 11.7 Å². The summed E-state index contributed by atoms with van der Waals surface area (Å²) >= 11 is 1.83. The van der Waals surface area contributed by atoms with E-state index >= 15 is 0 Å². The predicted octanol–water partition coefficient (Wildman–Crippen LogP) is 3.85. The van der Waals surface area contributed by atoms with Crippen molar-refractivity contribution < 1.29 is 5.11 Å². The van der Waals surface area contributed by atoms with Gasteiger partial charge in [-0.25, -0.2) is 0 Å². The van der Waals surface area contributed by atoms with Crippen LogP contribution in [0.2, 0.25) is 0 Å². The molecule has 1 saturated carbocycles. The molecular formula is C16H19NOS. The van der Waals surface area contributed by atoms with Crippen molar-refractivity contribution in [2.45, 2.75) is 25.3 Å². The van der Waals surface area contributed by atoms with Gasteiger partial charge in [0.25, 0.3) is 0 Å². The molecule has 0 amide bonds. The summed E-state index contributed by atoms with van der Waals surface area (Å²) in [4.78, 5) is 1.43. The van der Waals surface area contributed by atoms with Crippen LogP contribution >= 0.6 is 11.3 Å². The third kappa shape index (κ3) is 3.17. The molecule has 100 valence electrons. The molecule has 1 fully saturated rings.